The molecule has 1 aromatic heterocycles. The highest BCUT2D eigenvalue weighted by Gasteiger charge is 2.30. The maximum absolute atomic E-state index is 12.5. The molecule has 20 heavy (non-hydrogen) atoms. The lowest BCUT2D eigenvalue weighted by molar-refractivity contribution is -0.127. The van der Waals surface area contributed by atoms with Crippen LogP contribution in [0.1, 0.15) is 50.2 Å². The van der Waals surface area contributed by atoms with Gasteiger partial charge in [0.05, 0.1) is 12.1 Å². The number of aromatic nitrogens is 1. The van der Waals surface area contributed by atoms with Gasteiger partial charge in [-0.25, -0.2) is 4.98 Å². The Labute approximate surface area is 122 Å². The lowest BCUT2D eigenvalue weighted by Crippen LogP contribution is -2.35. The third-order valence-corrected chi connectivity index (χ3v) is 3.65. The first-order chi connectivity index (χ1) is 8.96. The minimum atomic E-state index is -4.19. The Kier molecular flexibility index (Phi) is 5.61. The monoisotopic (exact) mass is 308 g/mol. The average Bonchev–Trinajstić information content (AvgIpc) is 2.52. The molecule has 0 bridgehead atoms. The van der Waals surface area contributed by atoms with E-state index in [1.807, 2.05) is 34.6 Å². The van der Waals surface area contributed by atoms with E-state index in [2.05, 4.69) is 10.3 Å². The fraction of sp³-hybridized carbons (Fsp3) is 0.786. The van der Waals surface area contributed by atoms with E-state index in [4.69, 9.17) is 0 Å². The van der Waals surface area contributed by atoms with Gasteiger partial charge < -0.3 is 5.32 Å². The molecular formula is C14H23F3N2S. The molecule has 1 N–H and O–H groups in total. The molecule has 0 unspecified atom stereocenters. The quantitative estimate of drug-likeness (QED) is 0.875. The smallest absolute Gasteiger partial charge is 0.307 e. The molecule has 1 aromatic rings. The van der Waals surface area contributed by atoms with Crippen LogP contribution in [0.15, 0.2) is 0 Å². The Bertz CT molecular complexity index is 431. The van der Waals surface area contributed by atoms with Gasteiger partial charge in [-0.05, 0) is 33.1 Å². The van der Waals surface area contributed by atoms with Crippen LogP contribution in [-0.2, 0) is 19.4 Å². The van der Waals surface area contributed by atoms with Crippen molar-refractivity contribution in [1.29, 1.82) is 0 Å². The molecule has 2 nitrogen and oxygen atoms in total. The number of hydrogen-bond donors (Lipinski definition) is 1. The lowest BCUT2D eigenvalue weighted by Gasteiger charge is -2.20. The Morgan fingerprint density at radius 3 is 2.25 bits per heavy atom. The van der Waals surface area contributed by atoms with E-state index in [1.54, 1.807) is 0 Å². The Balaban J connectivity index is 2.88. The van der Waals surface area contributed by atoms with Crippen molar-refractivity contribution < 1.29 is 13.2 Å². The molecule has 6 heteroatoms. The normalized spacial score (nSPS) is 13.2. The van der Waals surface area contributed by atoms with Gasteiger partial charge in [-0.3, -0.25) is 0 Å². The van der Waals surface area contributed by atoms with Crippen LogP contribution in [0, 0.1) is 5.92 Å². The van der Waals surface area contributed by atoms with Crippen molar-refractivity contribution >= 4 is 11.3 Å². The van der Waals surface area contributed by atoms with Crippen LogP contribution in [-0.4, -0.2) is 16.7 Å². The first kappa shape index (κ1) is 17.4. The van der Waals surface area contributed by atoms with E-state index in [0.29, 0.717) is 12.5 Å². The summed E-state index contributed by atoms with van der Waals surface area (Å²) >= 11 is 1.18. The molecule has 0 fully saturated rings. The maximum Gasteiger partial charge on any atom is 0.395 e. The number of thiazole rings is 1. The molecule has 0 aliphatic heterocycles. The standard InChI is InChI=1S/C14H23F3N2S/c1-9(2)6-10-11(8-18-13(3,4)5)20-12(19-10)7-14(15,16)17/h9,18H,6-8H2,1-5H3. The zero-order valence-corrected chi connectivity index (χ0v) is 13.5. The number of rotatable bonds is 5. The van der Waals surface area contributed by atoms with Gasteiger partial charge in [0.25, 0.3) is 0 Å². The van der Waals surface area contributed by atoms with E-state index in [-0.39, 0.29) is 10.5 Å². The summed E-state index contributed by atoms with van der Waals surface area (Å²) in [6, 6.07) is 0. The van der Waals surface area contributed by atoms with Gasteiger partial charge in [-0.2, -0.15) is 13.2 Å². The lowest BCUT2D eigenvalue weighted by atomic mass is 10.1. The third-order valence-electron chi connectivity index (χ3n) is 2.56. The van der Waals surface area contributed by atoms with Crippen molar-refractivity contribution in [3.8, 4) is 0 Å². The molecule has 1 rings (SSSR count). The highest BCUT2D eigenvalue weighted by Crippen LogP contribution is 2.28. The van der Waals surface area contributed by atoms with Crippen LogP contribution >= 0.6 is 11.3 Å². The Morgan fingerprint density at radius 1 is 1.20 bits per heavy atom. The maximum atomic E-state index is 12.5. The summed E-state index contributed by atoms with van der Waals surface area (Å²) in [5.74, 6) is 0.379. The van der Waals surface area contributed by atoms with Gasteiger partial charge >= 0.3 is 6.18 Å². The second kappa shape index (κ2) is 6.43. The van der Waals surface area contributed by atoms with Crippen molar-refractivity contribution in [1.82, 2.24) is 10.3 Å². The van der Waals surface area contributed by atoms with Crippen molar-refractivity contribution in [3.05, 3.63) is 15.6 Å². The van der Waals surface area contributed by atoms with Crippen LogP contribution in [0.2, 0.25) is 0 Å². The fourth-order valence-corrected chi connectivity index (χ4v) is 2.78. The predicted molar refractivity (Wildman–Crippen MR) is 77.0 cm³/mol. The van der Waals surface area contributed by atoms with Crippen LogP contribution in [0.4, 0.5) is 13.2 Å². The largest absolute Gasteiger partial charge is 0.395 e. The highest BCUT2D eigenvalue weighted by atomic mass is 32.1. The molecule has 0 saturated heterocycles. The summed E-state index contributed by atoms with van der Waals surface area (Å²) in [6.45, 7) is 10.8. The molecule has 116 valence electrons. The van der Waals surface area contributed by atoms with E-state index < -0.39 is 12.6 Å². The summed E-state index contributed by atoms with van der Waals surface area (Å²) in [4.78, 5) is 5.12. The minimum absolute atomic E-state index is 0.0662. The van der Waals surface area contributed by atoms with Crippen LogP contribution in [0.25, 0.3) is 0 Å². The van der Waals surface area contributed by atoms with Crippen molar-refractivity contribution in [3.63, 3.8) is 0 Å². The van der Waals surface area contributed by atoms with Crippen LogP contribution < -0.4 is 5.32 Å². The summed E-state index contributed by atoms with van der Waals surface area (Å²) in [6.07, 6.45) is -4.41. The van der Waals surface area contributed by atoms with Crippen molar-refractivity contribution in [2.45, 2.75) is 65.7 Å². The Hall–Kier alpha value is -0.620. The highest BCUT2D eigenvalue weighted by molar-refractivity contribution is 7.11. The van der Waals surface area contributed by atoms with E-state index in [0.717, 1.165) is 17.0 Å². The second-order valence-corrected chi connectivity index (χ2v) is 7.64. The van der Waals surface area contributed by atoms with Crippen molar-refractivity contribution in [2.75, 3.05) is 0 Å². The molecule has 1 heterocycles. The number of halogens is 3. The number of nitrogens with zero attached hydrogens (tertiary/aromatic N) is 1. The van der Waals surface area contributed by atoms with Crippen LogP contribution in [0.5, 0.6) is 0 Å². The number of nitrogens with one attached hydrogen (secondary N) is 1. The van der Waals surface area contributed by atoms with E-state index >= 15 is 0 Å². The predicted octanol–water partition coefficient (Wildman–Crippen LogP) is 4.33. The molecule has 0 atom stereocenters. The molecule has 0 aliphatic rings. The summed E-state index contributed by atoms with van der Waals surface area (Å²) < 4.78 is 37.4. The van der Waals surface area contributed by atoms with Crippen molar-refractivity contribution in [2.24, 2.45) is 5.92 Å². The molecule has 0 aliphatic carbocycles. The van der Waals surface area contributed by atoms with E-state index in [1.165, 1.54) is 11.3 Å². The first-order valence-electron chi connectivity index (χ1n) is 6.75. The molecule has 0 saturated carbocycles. The van der Waals surface area contributed by atoms with E-state index in [9.17, 15) is 13.2 Å². The van der Waals surface area contributed by atoms with Gasteiger partial charge in [0.2, 0.25) is 0 Å². The number of hydrogen-bond acceptors (Lipinski definition) is 3. The van der Waals surface area contributed by atoms with Gasteiger partial charge in [0.15, 0.2) is 0 Å². The summed E-state index contributed by atoms with van der Waals surface area (Å²) in [5.41, 5.74) is 0.740. The summed E-state index contributed by atoms with van der Waals surface area (Å²) in [5, 5.41) is 3.48. The zero-order valence-electron chi connectivity index (χ0n) is 12.7. The van der Waals surface area contributed by atoms with Gasteiger partial charge in [0, 0.05) is 17.0 Å². The topological polar surface area (TPSA) is 24.9 Å². The van der Waals surface area contributed by atoms with Gasteiger partial charge in [0.1, 0.15) is 5.01 Å². The fourth-order valence-electron chi connectivity index (χ4n) is 1.71. The molecule has 0 aromatic carbocycles. The summed E-state index contributed by atoms with van der Waals surface area (Å²) in [7, 11) is 0. The van der Waals surface area contributed by atoms with Gasteiger partial charge in [-0.15, -0.1) is 11.3 Å². The SMILES string of the molecule is CC(C)Cc1nc(CC(F)(F)F)sc1CNC(C)(C)C. The third kappa shape index (κ3) is 6.70. The van der Waals surface area contributed by atoms with Gasteiger partial charge in [-0.1, -0.05) is 13.8 Å². The average molecular weight is 308 g/mol. The zero-order chi connectivity index (χ0) is 15.6. The Morgan fingerprint density at radius 2 is 1.80 bits per heavy atom. The second-order valence-electron chi connectivity index (χ2n) is 6.47. The molecule has 0 amide bonds. The minimum Gasteiger partial charge on any atom is -0.307 e. The first-order valence-corrected chi connectivity index (χ1v) is 7.57. The molecule has 0 spiro atoms. The molecular weight excluding hydrogens is 285 g/mol. The number of alkyl halides is 3. The molecule has 0 radical (unpaired) electrons. The van der Waals surface area contributed by atoms with Crippen LogP contribution in [0.3, 0.4) is 0 Å².